The van der Waals surface area contributed by atoms with Crippen molar-refractivity contribution in [2.24, 2.45) is 0 Å². The first-order valence-electron chi connectivity index (χ1n) is 9.15. The lowest BCUT2D eigenvalue weighted by atomic mass is 10.0. The van der Waals surface area contributed by atoms with Crippen LogP contribution in [0.25, 0.3) is 0 Å². The van der Waals surface area contributed by atoms with Crippen molar-refractivity contribution < 1.29 is 9.59 Å². The van der Waals surface area contributed by atoms with Gasteiger partial charge < -0.3 is 10.6 Å². The topological polar surface area (TPSA) is 61.4 Å². The summed E-state index contributed by atoms with van der Waals surface area (Å²) in [5.74, 6) is -0.000319. The molecule has 2 aromatic carbocycles. The van der Waals surface area contributed by atoms with E-state index in [9.17, 15) is 9.59 Å². The zero-order chi connectivity index (χ0) is 18.5. The highest BCUT2D eigenvalue weighted by molar-refractivity contribution is 5.97. The third-order valence-electron chi connectivity index (χ3n) is 4.81. The Hall–Kier alpha value is -2.66. The van der Waals surface area contributed by atoms with Gasteiger partial charge in [-0.2, -0.15) is 0 Å². The second-order valence-electron chi connectivity index (χ2n) is 6.44. The molecule has 2 N–H and O–H groups in total. The van der Waals surface area contributed by atoms with Crippen molar-refractivity contribution in [2.45, 2.75) is 32.7 Å². The van der Waals surface area contributed by atoms with E-state index in [0.29, 0.717) is 12.8 Å². The van der Waals surface area contributed by atoms with Gasteiger partial charge in [-0.25, -0.2) is 0 Å². The number of hydrogen-bond acceptors (Lipinski definition) is 3. The van der Waals surface area contributed by atoms with Crippen LogP contribution in [0.15, 0.2) is 48.5 Å². The number of aryl methyl sites for hydroxylation is 1. The fraction of sp³-hybridized carbons (Fsp3) is 0.333. The summed E-state index contributed by atoms with van der Waals surface area (Å²) in [6.07, 6.45) is 1.18. The van der Waals surface area contributed by atoms with Crippen molar-refractivity contribution in [3.8, 4) is 0 Å². The molecule has 5 heteroatoms. The molecule has 1 aliphatic rings. The van der Waals surface area contributed by atoms with Crippen LogP contribution in [-0.4, -0.2) is 29.8 Å². The lowest BCUT2D eigenvalue weighted by Crippen LogP contribution is -2.37. The Bertz CT molecular complexity index is 785. The van der Waals surface area contributed by atoms with Crippen LogP contribution < -0.4 is 10.6 Å². The SMILES string of the molecule is CCN(CC)[C@@H](C(=O)Nc1ccc2c(c1)CCC(=O)N2)c1ccccc1. The smallest absolute Gasteiger partial charge is 0.246 e. The lowest BCUT2D eigenvalue weighted by Gasteiger charge is -2.29. The molecule has 1 aliphatic heterocycles. The molecule has 2 amide bonds. The van der Waals surface area contributed by atoms with E-state index in [0.717, 1.165) is 35.6 Å². The minimum absolute atomic E-state index is 0.0416. The van der Waals surface area contributed by atoms with E-state index in [1.165, 1.54) is 0 Å². The summed E-state index contributed by atoms with van der Waals surface area (Å²) in [6, 6.07) is 15.2. The predicted octanol–water partition coefficient (Wildman–Crippen LogP) is 3.59. The van der Waals surface area contributed by atoms with Crippen molar-refractivity contribution in [3.63, 3.8) is 0 Å². The number of nitrogens with one attached hydrogen (secondary N) is 2. The summed E-state index contributed by atoms with van der Waals surface area (Å²) >= 11 is 0. The van der Waals surface area contributed by atoms with Gasteiger partial charge in [-0.15, -0.1) is 0 Å². The van der Waals surface area contributed by atoms with Crippen LogP contribution in [0.4, 0.5) is 11.4 Å². The zero-order valence-electron chi connectivity index (χ0n) is 15.3. The van der Waals surface area contributed by atoms with Crippen molar-refractivity contribution in [3.05, 3.63) is 59.7 Å². The van der Waals surface area contributed by atoms with Gasteiger partial charge in [0.25, 0.3) is 0 Å². The summed E-state index contributed by atoms with van der Waals surface area (Å²) in [5.41, 5.74) is 3.64. The van der Waals surface area contributed by atoms with E-state index >= 15 is 0 Å². The van der Waals surface area contributed by atoms with Crippen LogP contribution in [0.2, 0.25) is 0 Å². The molecule has 3 rings (SSSR count). The molecule has 0 saturated carbocycles. The van der Waals surface area contributed by atoms with Gasteiger partial charge in [0.1, 0.15) is 6.04 Å². The third-order valence-corrected chi connectivity index (χ3v) is 4.81. The minimum atomic E-state index is -0.332. The largest absolute Gasteiger partial charge is 0.326 e. The fourth-order valence-electron chi connectivity index (χ4n) is 3.42. The molecule has 0 radical (unpaired) electrons. The van der Waals surface area contributed by atoms with Crippen LogP contribution >= 0.6 is 0 Å². The molecule has 1 heterocycles. The average Bonchev–Trinajstić information content (AvgIpc) is 2.66. The Morgan fingerprint density at radius 1 is 1.12 bits per heavy atom. The number of hydrogen-bond donors (Lipinski definition) is 2. The molecule has 0 spiro atoms. The molecule has 0 fully saturated rings. The van der Waals surface area contributed by atoms with E-state index in [2.05, 4.69) is 29.4 Å². The Labute approximate surface area is 154 Å². The predicted molar refractivity (Wildman–Crippen MR) is 104 cm³/mol. The first kappa shape index (κ1) is 18.1. The van der Waals surface area contributed by atoms with Crippen molar-refractivity contribution in [2.75, 3.05) is 23.7 Å². The van der Waals surface area contributed by atoms with Gasteiger partial charge in [-0.1, -0.05) is 44.2 Å². The molecule has 2 aromatic rings. The van der Waals surface area contributed by atoms with Crippen LogP contribution in [0, 0.1) is 0 Å². The number of rotatable bonds is 6. The Balaban J connectivity index is 1.83. The zero-order valence-corrected chi connectivity index (χ0v) is 15.3. The molecular weight excluding hydrogens is 326 g/mol. The standard InChI is InChI=1S/C21H25N3O2/c1-3-24(4-2)20(15-8-6-5-7-9-15)21(26)22-17-11-12-18-16(14-17)10-13-19(25)23-18/h5-9,11-12,14,20H,3-4,10,13H2,1-2H3,(H,22,26)(H,23,25)/t20-/m1/s1. The lowest BCUT2D eigenvalue weighted by molar-refractivity contribution is -0.121. The molecule has 136 valence electrons. The maximum atomic E-state index is 13.1. The monoisotopic (exact) mass is 351 g/mol. The maximum Gasteiger partial charge on any atom is 0.246 e. The normalized spacial score (nSPS) is 14.5. The summed E-state index contributed by atoms with van der Waals surface area (Å²) in [5, 5.41) is 5.92. The highest BCUT2D eigenvalue weighted by atomic mass is 16.2. The van der Waals surface area contributed by atoms with Crippen LogP contribution in [0.1, 0.15) is 37.4 Å². The van der Waals surface area contributed by atoms with E-state index in [4.69, 9.17) is 0 Å². The van der Waals surface area contributed by atoms with E-state index in [1.54, 1.807) is 0 Å². The molecule has 0 unspecified atom stereocenters. The van der Waals surface area contributed by atoms with Crippen LogP contribution in [-0.2, 0) is 16.0 Å². The summed E-state index contributed by atoms with van der Waals surface area (Å²) in [7, 11) is 0. The van der Waals surface area contributed by atoms with Crippen molar-refractivity contribution in [1.29, 1.82) is 0 Å². The summed E-state index contributed by atoms with van der Waals surface area (Å²) in [6.45, 7) is 5.71. The van der Waals surface area contributed by atoms with Gasteiger partial charge in [0.05, 0.1) is 0 Å². The van der Waals surface area contributed by atoms with E-state index in [1.807, 2.05) is 48.5 Å². The van der Waals surface area contributed by atoms with Gasteiger partial charge in [-0.3, -0.25) is 14.5 Å². The number of carbonyl (C=O) groups is 2. The number of carbonyl (C=O) groups excluding carboxylic acids is 2. The average molecular weight is 351 g/mol. The molecule has 0 bridgehead atoms. The maximum absolute atomic E-state index is 13.1. The third kappa shape index (κ3) is 3.94. The van der Waals surface area contributed by atoms with Gasteiger partial charge in [-0.05, 0) is 48.8 Å². The molecule has 1 atom stereocenters. The number of anilines is 2. The number of amides is 2. The Morgan fingerprint density at radius 2 is 1.85 bits per heavy atom. The second-order valence-corrected chi connectivity index (χ2v) is 6.44. The summed E-state index contributed by atoms with van der Waals surface area (Å²) in [4.78, 5) is 26.7. The second kappa shape index (κ2) is 8.15. The number of benzene rings is 2. The minimum Gasteiger partial charge on any atom is -0.326 e. The van der Waals surface area contributed by atoms with Gasteiger partial charge in [0.15, 0.2) is 0 Å². The molecule has 26 heavy (non-hydrogen) atoms. The quantitative estimate of drug-likeness (QED) is 0.836. The molecule has 0 aromatic heterocycles. The summed E-state index contributed by atoms with van der Waals surface area (Å²) < 4.78 is 0. The van der Waals surface area contributed by atoms with Crippen molar-refractivity contribution in [1.82, 2.24) is 4.90 Å². The highest BCUT2D eigenvalue weighted by Gasteiger charge is 2.26. The highest BCUT2D eigenvalue weighted by Crippen LogP contribution is 2.27. The molecule has 5 nitrogen and oxygen atoms in total. The van der Waals surface area contributed by atoms with Gasteiger partial charge in [0, 0.05) is 17.8 Å². The fourth-order valence-corrected chi connectivity index (χ4v) is 3.42. The van der Waals surface area contributed by atoms with E-state index < -0.39 is 0 Å². The van der Waals surface area contributed by atoms with Gasteiger partial charge in [0.2, 0.25) is 11.8 Å². The first-order chi connectivity index (χ1) is 12.6. The molecule has 0 aliphatic carbocycles. The number of fused-ring (bicyclic) bond motifs is 1. The number of likely N-dealkylation sites (N-methyl/N-ethyl adjacent to an activating group) is 1. The van der Waals surface area contributed by atoms with Gasteiger partial charge >= 0.3 is 0 Å². The van der Waals surface area contributed by atoms with Crippen LogP contribution in [0.3, 0.4) is 0 Å². The van der Waals surface area contributed by atoms with Crippen LogP contribution in [0.5, 0.6) is 0 Å². The Morgan fingerprint density at radius 3 is 2.54 bits per heavy atom. The van der Waals surface area contributed by atoms with Crippen molar-refractivity contribution >= 4 is 23.2 Å². The van der Waals surface area contributed by atoms with E-state index in [-0.39, 0.29) is 17.9 Å². The first-order valence-corrected chi connectivity index (χ1v) is 9.15. The Kier molecular flexibility index (Phi) is 5.68. The molecular formula is C21H25N3O2. The molecule has 0 saturated heterocycles. The number of nitrogens with zero attached hydrogens (tertiary/aromatic N) is 1.